The van der Waals surface area contributed by atoms with Gasteiger partial charge < -0.3 is 19.2 Å². The van der Waals surface area contributed by atoms with E-state index < -0.39 is 0 Å². The molecule has 1 N–H and O–H groups in total. The number of fused-ring (bicyclic) bond motifs is 1. The Morgan fingerprint density at radius 3 is 2.33 bits per heavy atom. The molecule has 0 saturated heterocycles. The second-order valence-corrected chi connectivity index (χ2v) is 6.43. The number of hydrogen-bond donors (Lipinski definition) is 1. The number of ether oxygens (including phenoxy) is 2. The van der Waals surface area contributed by atoms with Gasteiger partial charge in [0.05, 0.1) is 13.2 Å². The second kappa shape index (κ2) is 8.65. The smallest absolute Gasteiger partial charge is 0.255 e. The van der Waals surface area contributed by atoms with Crippen LogP contribution in [0.3, 0.4) is 0 Å². The molecule has 0 spiro atoms. The van der Waals surface area contributed by atoms with Crippen LogP contribution in [-0.2, 0) is 0 Å². The highest BCUT2D eigenvalue weighted by Crippen LogP contribution is 2.26. The van der Waals surface area contributed by atoms with Crippen molar-refractivity contribution in [3.05, 3.63) is 66.4 Å². The van der Waals surface area contributed by atoms with Gasteiger partial charge in [0.1, 0.15) is 11.5 Å². The minimum atomic E-state index is -0.253. The molecule has 2 aromatic carbocycles. The Bertz CT molecular complexity index is 1110. The standard InChI is InChI=1S/C23H21N3O4/c1-3-28-18-12-16(13-19(14-18)29-4-2)22(27)25-17-9-7-15(8-10-17)23-26-21-20(30-23)6-5-11-24-21/h5-14H,3-4H2,1-2H3,(H,25,27). The van der Waals surface area contributed by atoms with E-state index in [9.17, 15) is 4.79 Å². The van der Waals surface area contributed by atoms with E-state index in [-0.39, 0.29) is 5.91 Å². The summed E-state index contributed by atoms with van der Waals surface area (Å²) in [4.78, 5) is 21.3. The summed E-state index contributed by atoms with van der Waals surface area (Å²) in [7, 11) is 0. The molecule has 30 heavy (non-hydrogen) atoms. The first-order valence-corrected chi connectivity index (χ1v) is 9.70. The van der Waals surface area contributed by atoms with E-state index in [4.69, 9.17) is 13.9 Å². The number of carbonyl (C=O) groups is 1. The first kappa shape index (κ1) is 19.4. The number of hydrogen-bond acceptors (Lipinski definition) is 6. The normalized spacial score (nSPS) is 10.7. The number of carbonyl (C=O) groups excluding carboxylic acids is 1. The monoisotopic (exact) mass is 403 g/mol. The van der Waals surface area contributed by atoms with Gasteiger partial charge >= 0.3 is 0 Å². The van der Waals surface area contributed by atoms with Gasteiger partial charge in [-0.25, -0.2) is 4.98 Å². The predicted octanol–water partition coefficient (Wildman–Crippen LogP) is 4.94. The Morgan fingerprint density at radius 2 is 1.70 bits per heavy atom. The number of amides is 1. The van der Waals surface area contributed by atoms with Gasteiger partial charge in [0.2, 0.25) is 5.89 Å². The van der Waals surface area contributed by atoms with Crippen molar-refractivity contribution in [3.8, 4) is 23.0 Å². The summed E-state index contributed by atoms with van der Waals surface area (Å²) in [6.07, 6.45) is 1.67. The number of nitrogens with zero attached hydrogens (tertiary/aromatic N) is 2. The zero-order valence-electron chi connectivity index (χ0n) is 16.7. The molecule has 0 radical (unpaired) electrons. The molecule has 0 aliphatic rings. The molecule has 152 valence electrons. The molecular weight excluding hydrogens is 382 g/mol. The number of aromatic nitrogens is 2. The topological polar surface area (TPSA) is 86.5 Å². The van der Waals surface area contributed by atoms with Crippen LogP contribution in [-0.4, -0.2) is 29.1 Å². The van der Waals surface area contributed by atoms with Gasteiger partial charge in [-0.1, -0.05) is 0 Å². The average molecular weight is 403 g/mol. The van der Waals surface area contributed by atoms with Crippen molar-refractivity contribution >= 4 is 22.8 Å². The minimum Gasteiger partial charge on any atom is -0.494 e. The van der Waals surface area contributed by atoms with E-state index in [2.05, 4.69) is 15.3 Å². The molecule has 2 heterocycles. The second-order valence-electron chi connectivity index (χ2n) is 6.43. The number of oxazole rings is 1. The van der Waals surface area contributed by atoms with Crippen molar-refractivity contribution in [1.29, 1.82) is 0 Å². The third-order valence-corrected chi connectivity index (χ3v) is 4.32. The summed E-state index contributed by atoms with van der Waals surface area (Å²) >= 11 is 0. The third kappa shape index (κ3) is 4.25. The number of nitrogens with one attached hydrogen (secondary N) is 1. The fourth-order valence-corrected chi connectivity index (χ4v) is 2.99. The summed E-state index contributed by atoms with van der Waals surface area (Å²) < 4.78 is 16.8. The molecule has 4 aromatic rings. The van der Waals surface area contributed by atoms with E-state index in [1.54, 1.807) is 42.6 Å². The van der Waals surface area contributed by atoms with Crippen molar-refractivity contribution in [2.75, 3.05) is 18.5 Å². The summed E-state index contributed by atoms with van der Waals surface area (Å²) in [5, 5.41) is 2.89. The van der Waals surface area contributed by atoms with Gasteiger partial charge in [0, 0.05) is 29.1 Å². The van der Waals surface area contributed by atoms with Crippen molar-refractivity contribution in [2.24, 2.45) is 0 Å². The molecule has 0 atom stereocenters. The number of pyridine rings is 1. The summed E-state index contributed by atoms with van der Waals surface area (Å²) in [5.74, 6) is 1.41. The highest BCUT2D eigenvalue weighted by Gasteiger charge is 2.12. The molecule has 0 unspecified atom stereocenters. The van der Waals surface area contributed by atoms with E-state index >= 15 is 0 Å². The van der Waals surface area contributed by atoms with Crippen LogP contribution in [0.15, 0.2) is 65.2 Å². The van der Waals surface area contributed by atoms with Gasteiger partial charge in [-0.3, -0.25) is 4.79 Å². The lowest BCUT2D eigenvalue weighted by Crippen LogP contribution is -2.12. The number of rotatable bonds is 7. The fraction of sp³-hybridized carbons (Fsp3) is 0.174. The summed E-state index contributed by atoms with van der Waals surface area (Å²) in [6.45, 7) is 4.79. The molecule has 0 aliphatic carbocycles. The largest absolute Gasteiger partial charge is 0.494 e. The SMILES string of the molecule is CCOc1cc(OCC)cc(C(=O)Nc2ccc(-c3nc4ncccc4o3)cc2)c1. The van der Waals surface area contributed by atoms with Crippen LogP contribution >= 0.6 is 0 Å². The van der Waals surface area contributed by atoms with Crippen LogP contribution in [0.4, 0.5) is 5.69 Å². The van der Waals surface area contributed by atoms with E-state index in [0.717, 1.165) is 5.56 Å². The van der Waals surface area contributed by atoms with Crippen molar-refractivity contribution in [1.82, 2.24) is 9.97 Å². The van der Waals surface area contributed by atoms with Gasteiger partial charge in [0.15, 0.2) is 11.2 Å². The lowest BCUT2D eigenvalue weighted by Gasteiger charge is -2.11. The first-order valence-electron chi connectivity index (χ1n) is 9.70. The number of anilines is 1. The maximum Gasteiger partial charge on any atom is 0.255 e. The molecule has 0 saturated carbocycles. The van der Waals surface area contributed by atoms with Crippen LogP contribution in [0, 0.1) is 0 Å². The molecule has 0 bridgehead atoms. The lowest BCUT2D eigenvalue weighted by molar-refractivity contribution is 0.102. The highest BCUT2D eigenvalue weighted by atomic mass is 16.5. The molecule has 0 aliphatic heterocycles. The third-order valence-electron chi connectivity index (χ3n) is 4.32. The fourth-order valence-electron chi connectivity index (χ4n) is 2.99. The lowest BCUT2D eigenvalue weighted by atomic mass is 10.1. The number of benzene rings is 2. The van der Waals surface area contributed by atoms with Crippen LogP contribution in [0.1, 0.15) is 24.2 Å². The van der Waals surface area contributed by atoms with Gasteiger partial charge in [-0.05, 0) is 62.4 Å². The zero-order valence-corrected chi connectivity index (χ0v) is 16.7. The average Bonchev–Trinajstić information content (AvgIpc) is 3.19. The van der Waals surface area contributed by atoms with Crippen LogP contribution in [0.5, 0.6) is 11.5 Å². The summed E-state index contributed by atoms with van der Waals surface area (Å²) in [6, 6.07) is 16.0. The Hall–Kier alpha value is -3.87. The molecule has 1 amide bonds. The van der Waals surface area contributed by atoms with Crippen molar-refractivity contribution in [2.45, 2.75) is 13.8 Å². The minimum absolute atomic E-state index is 0.253. The van der Waals surface area contributed by atoms with Gasteiger partial charge in [0.25, 0.3) is 5.91 Å². The van der Waals surface area contributed by atoms with Gasteiger partial charge in [-0.15, -0.1) is 0 Å². The van der Waals surface area contributed by atoms with E-state index in [0.29, 0.717) is 53.1 Å². The zero-order chi connectivity index (χ0) is 20.9. The van der Waals surface area contributed by atoms with Crippen molar-refractivity contribution in [3.63, 3.8) is 0 Å². The molecule has 7 heteroatoms. The maximum absolute atomic E-state index is 12.7. The van der Waals surface area contributed by atoms with Crippen molar-refractivity contribution < 1.29 is 18.7 Å². The first-order chi connectivity index (χ1) is 14.7. The van der Waals surface area contributed by atoms with E-state index in [1.807, 2.05) is 32.0 Å². The Balaban J connectivity index is 1.52. The molecule has 4 rings (SSSR count). The molecule has 2 aromatic heterocycles. The predicted molar refractivity (Wildman–Crippen MR) is 114 cm³/mol. The van der Waals surface area contributed by atoms with Crippen LogP contribution < -0.4 is 14.8 Å². The maximum atomic E-state index is 12.7. The molecule has 0 fully saturated rings. The molecule has 7 nitrogen and oxygen atoms in total. The highest BCUT2D eigenvalue weighted by molar-refractivity contribution is 6.04. The van der Waals surface area contributed by atoms with Crippen LogP contribution in [0.2, 0.25) is 0 Å². The molecular formula is C23H21N3O4. The Labute approximate surface area is 173 Å². The van der Waals surface area contributed by atoms with Crippen LogP contribution in [0.25, 0.3) is 22.7 Å². The summed E-state index contributed by atoms with van der Waals surface area (Å²) in [5.41, 5.74) is 3.09. The van der Waals surface area contributed by atoms with Gasteiger partial charge in [-0.2, -0.15) is 4.98 Å². The van der Waals surface area contributed by atoms with E-state index in [1.165, 1.54) is 0 Å². The Kier molecular flexibility index (Phi) is 5.61. The Morgan fingerprint density at radius 1 is 1.00 bits per heavy atom. The quantitative estimate of drug-likeness (QED) is 0.470.